The maximum atomic E-state index is 3.77. The molecule has 2 unspecified atom stereocenters. The van der Waals surface area contributed by atoms with Gasteiger partial charge in [-0.2, -0.15) is 0 Å². The average Bonchev–Trinajstić information content (AvgIpc) is 2.67. The molecule has 18 heavy (non-hydrogen) atoms. The molecule has 0 fully saturated rings. The van der Waals surface area contributed by atoms with Gasteiger partial charge >= 0.3 is 0 Å². The molecule has 0 heterocycles. The van der Waals surface area contributed by atoms with Gasteiger partial charge in [0.15, 0.2) is 0 Å². The number of nitrogens with one attached hydrogen (secondary N) is 1. The first-order chi connectivity index (χ1) is 8.83. The zero-order valence-corrected chi connectivity index (χ0v) is 12.8. The molecular formula is C17H33N. The van der Waals surface area contributed by atoms with Gasteiger partial charge in [0.05, 0.1) is 0 Å². The Hall–Kier alpha value is -0.300. The second kappa shape index (κ2) is 9.61. The lowest BCUT2D eigenvalue weighted by Crippen LogP contribution is -2.37. The Balaban J connectivity index is 2.67. The maximum absolute atomic E-state index is 3.77. The molecular weight excluding hydrogens is 218 g/mol. The Morgan fingerprint density at radius 1 is 1.17 bits per heavy atom. The van der Waals surface area contributed by atoms with Crippen LogP contribution in [0.15, 0.2) is 11.6 Å². The van der Waals surface area contributed by atoms with Crippen molar-refractivity contribution in [1.29, 1.82) is 0 Å². The predicted octanol–water partition coefficient (Wildman–Crippen LogP) is 5.07. The van der Waals surface area contributed by atoms with Gasteiger partial charge in [-0.3, -0.25) is 0 Å². The van der Waals surface area contributed by atoms with Gasteiger partial charge in [0.1, 0.15) is 0 Å². The van der Waals surface area contributed by atoms with Gasteiger partial charge in [0.25, 0.3) is 0 Å². The van der Waals surface area contributed by atoms with Crippen LogP contribution < -0.4 is 5.32 Å². The van der Waals surface area contributed by atoms with Gasteiger partial charge in [-0.25, -0.2) is 0 Å². The van der Waals surface area contributed by atoms with Crippen LogP contribution in [0.3, 0.4) is 0 Å². The van der Waals surface area contributed by atoms with Gasteiger partial charge in [0, 0.05) is 6.04 Å². The number of hydrogen-bond acceptors (Lipinski definition) is 1. The largest absolute Gasteiger partial charge is 0.310 e. The van der Waals surface area contributed by atoms with Gasteiger partial charge in [-0.15, -0.1) is 0 Å². The van der Waals surface area contributed by atoms with Crippen LogP contribution in [0.2, 0.25) is 0 Å². The Morgan fingerprint density at radius 2 is 2.00 bits per heavy atom. The molecule has 1 aliphatic rings. The molecule has 0 spiro atoms. The van der Waals surface area contributed by atoms with Crippen LogP contribution in [0.4, 0.5) is 0 Å². The minimum absolute atomic E-state index is 0.657. The van der Waals surface area contributed by atoms with E-state index in [0.717, 1.165) is 12.5 Å². The lowest BCUT2D eigenvalue weighted by molar-refractivity contribution is 0.348. The standard InChI is InChI=1S/C17H33N/c1-4-7-12-15(5-2)17(18-6-3)16-13-10-8-9-11-14-16/h13,15,17-18H,4-12,14H2,1-3H3. The molecule has 1 rings (SSSR count). The van der Waals surface area contributed by atoms with Crippen LogP contribution in [0.1, 0.15) is 78.6 Å². The number of hydrogen-bond donors (Lipinski definition) is 1. The highest BCUT2D eigenvalue weighted by molar-refractivity contribution is 5.14. The fourth-order valence-electron chi connectivity index (χ4n) is 3.22. The Bertz CT molecular complexity index is 232. The maximum Gasteiger partial charge on any atom is 0.0307 e. The molecule has 0 amide bonds. The number of allylic oxidation sites excluding steroid dienone is 1. The van der Waals surface area contributed by atoms with Crippen LogP contribution in [-0.2, 0) is 0 Å². The molecule has 2 atom stereocenters. The van der Waals surface area contributed by atoms with Crippen molar-refractivity contribution in [2.24, 2.45) is 5.92 Å². The van der Waals surface area contributed by atoms with Crippen molar-refractivity contribution in [2.75, 3.05) is 6.54 Å². The molecule has 1 heteroatoms. The summed E-state index contributed by atoms with van der Waals surface area (Å²) in [7, 11) is 0. The summed E-state index contributed by atoms with van der Waals surface area (Å²) in [6.07, 6.45) is 14.8. The molecule has 0 saturated carbocycles. The normalized spacial score (nSPS) is 20.1. The minimum atomic E-state index is 0.657. The first-order valence-electron chi connectivity index (χ1n) is 8.25. The van der Waals surface area contributed by atoms with Gasteiger partial charge in [-0.1, -0.05) is 58.1 Å². The lowest BCUT2D eigenvalue weighted by Gasteiger charge is -2.29. The minimum Gasteiger partial charge on any atom is -0.310 e. The van der Waals surface area contributed by atoms with E-state index in [0.29, 0.717) is 6.04 Å². The molecule has 1 aliphatic carbocycles. The molecule has 106 valence electrons. The van der Waals surface area contributed by atoms with Crippen molar-refractivity contribution in [2.45, 2.75) is 84.6 Å². The summed E-state index contributed by atoms with van der Waals surface area (Å²) in [5.41, 5.74) is 1.72. The molecule has 0 aromatic rings. The van der Waals surface area contributed by atoms with Crippen molar-refractivity contribution in [3.8, 4) is 0 Å². The first kappa shape index (κ1) is 15.8. The van der Waals surface area contributed by atoms with Crippen molar-refractivity contribution in [1.82, 2.24) is 5.32 Å². The number of unbranched alkanes of at least 4 members (excludes halogenated alkanes) is 1. The van der Waals surface area contributed by atoms with E-state index in [9.17, 15) is 0 Å². The molecule has 0 bridgehead atoms. The van der Waals surface area contributed by atoms with Crippen LogP contribution in [0.5, 0.6) is 0 Å². The summed E-state index contributed by atoms with van der Waals surface area (Å²) in [6.45, 7) is 8.02. The molecule has 0 radical (unpaired) electrons. The molecule has 0 aromatic carbocycles. The summed E-state index contributed by atoms with van der Waals surface area (Å²) in [5.74, 6) is 0.842. The third-order valence-corrected chi connectivity index (χ3v) is 4.32. The molecule has 1 N–H and O–H groups in total. The van der Waals surface area contributed by atoms with Crippen molar-refractivity contribution in [3.63, 3.8) is 0 Å². The summed E-state index contributed by atoms with van der Waals surface area (Å²) < 4.78 is 0. The van der Waals surface area contributed by atoms with Crippen molar-refractivity contribution >= 4 is 0 Å². The zero-order valence-electron chi connectivity index (χ0n) is 12.8. The van der Waals surface area contributed by atoms with Gasteiger partial charge in [-0.05, 0) is 44.6 Å². The molecule has 0 aliphatic heterocycles. The second-order valence-electron chi connectivity index (χ2n) is 5.72. The van der Waals surface area contributed by atoms with E-state index in [1.807, 2.05) is 0 Å². The predicted molar refractivity (Wildman–Crippen MR) is 81.9 cm³/mol. The fraction of sp³-hybridized carbons (Fsp3) is 0.882. The van der Waals surface area contributed by atoms with Gasteiger partial charge < -0.3 is 5.32 Å². The topological polar surface area (TPSA) is 12.0 Å². The first-order valence-corrected chi connectivity index (χ1v) is 8.25. The van der Waals surface area contributed by atoms with E-state index in [4.69, 9.17) is 0 Å². The van der Waals surface area contributed by atoms with Gasteiger partial charge in [0.2, 0.25) is 0 Å². The SMILES string of the molecule is CCCCC(CC)C(NCC)C1=CCCCCC1. The lowest BCUT2D eigenvalue weighted by atomic mass is 9.85. The van der Waals surface area contributed by atoms with Crippen LogP contribution in [0.25, 0.3) is 0 Å². The fourth-order valence-corrected chi connectivity index (χ4v) is 3.22. The smallest absolute Gasteiger partial charge is 0.0307 e. The highest BCUT2D eigenvalue weighted by atomic mass is 14.9. The summed E-state index contributed by atoms with van der Waals surface area (Å²) in [6, 6.07) is 0.657. The van der Waals surface area contributed by atoms with Crippen LogP contribution in [-0.4, -0.2) is 12.6 Å². The Morgan fingerprint density at radius 3 is 2.67 bits per heavy atom. The zero-order chi connectivity index (χ0) is 13.2. The van der Waals surface area contributed by atoms with E-state index in [1.54, 1.807) is 5.57 Å². The third kappa shape index (κ3) is 5.14. The van der Waals surface area contributed by atoms with E-state index in [-0.39, 0.29) is 0 Å². The molecule has 1 nitrogen and oxygen atoms in total. The van der Waals surface area contributed by atoms with Crippen LogP contribution in [0, 0.1) is 5.92 Å². The Labute approximate surface area is 114 Å². The van der Waals surface area contributed by atoms with E-state index < -0.39 is 0 Å². The number of likely N-dealkylation sites (N-methyl/N-ethyl adjacent to an activating group) is 1. The highest BCUT2D eigenvalue weighted by Crippen LogP contribution is 2.28. The monoisotopic (exact) mass is 251 g/mol. The summed E-state index contributed by atoms with van der Waals surface area (Å²) in [4.78, 5) is 0. The quantitative estimate of drug-likeness (QED) is 0.594. The summed E-state index contributed by atoms with van der Waals surface area (Å²) in [5, 5.41) is 3.77. The summed E-state index contributed by atoms with van der Waals surface area (Å²) >= 11 is 0. The second-order valence-corrected chi connectivity index (χ2v) is 5.72. The molecule has 0 saturated heterocycles. The third-order valence-electron chi connectivity index (χ3n) is 4.32. The van der Waals surface area contributed by atoms with E-state index >= 15 is 0 Å². The Kier molecular flexibility index (Phi) is 8.41. The van der Waals surface area contributed by atoms with Crippen LogP contribution >= 0.6 is 0 Å². The molecule has 0 aromatic heterocycles. The van der Waals surface area contributed by atoms with E-state index in [1.165, 1.54) is 57.8 Å². The van der Waals surface area contributed by atoms with Crippen molar-refractivity contribution in [3.05, 3.63) is 11.6 Å². The highest BCUT2D eigenvalue weighted by Gasteiger charge is 2.22. The number of rotatable bonds is 8. The van der Waals surface area contributed by atoms with E-state index in [2.05, 4.69) is 32.2 Å². The van der Waals surface area contributed by atoms with Crippen molar-refractivity contribution < 1.29 is 0 Å². The average molecular weight is 251 g/mol.